The molecule has 2 atom stereocenters. The molecule has 1 N–H and O–H groups in total. The van der Waals surface area contributed by atoms with Crippen molar-refractivity contribution < 1.29 is 14.6 Å². The van der Waals surface area contributed by atoms with Gasteiger partial charge in [0, 0.05) is 20.6 Å². The molecule has 2 aromatic carbocycles. The minimum absolute atomic E-state index is 0.126. The molecule has 0 saturated carbocycles. The van der Waals surface area contributed by atoms with E-state index in [0.29, 0.717) is 17.2 Å². The quantitative estimate of drug-likeness (QED) is 0.739. The van der Waals surface area contributed by atoms with Gasteiger partial charge in [0.15, 0.2) is 0 Å². The lowest BCUT2D eigenvalue weighted by molar-refractivity contribution is 0.141. The molecule has 1 heterocycles. The molecule has 1 saturated heterocycles. The Morgan fingerprint density at radius 3 is 2.68 bits per heavy atom. The first-order valence-electron chi connectivity index (χ1n) is 7.11. The van der Waals surface area contributed by atoms with E-state index < -0.39 is 6.10 Å². The van der Waals surface area contributed by atoms with Crippen LogP contribution in [-0.4, -0.2) is 24.4 Å². The van der Waals surface area contributed by atoms with E-state index in [9.17, 15) is 5.11 Å². The Morgan fingerprint density at radius 1 is 1.23 bits per heavy atom. The molecule has 0 aliphatic carbocycles. The van der Waals surface area contributed by atoms with Crippen LogP contribution >= 0.6 is 34.2 Å². The highest BCUT2D eigenvalue weighted by atomic mass is 127. The number of hydrogen-bond donors (Lipinski definition) is 1. The molecule has 22 heavy (non-hydrogen) atoms. The van der Waals surface area contributed by atoms with Crippen LogP contribution in [0.3, 0.4) is 0 Å². The molecule has 116 valence electrons. The normalized spacial score (nSPS) is 19.1. The maximum absolute atomic E-state index is 10.5. The molecule has 0 aromatic heterocycles. The van der Waals surface area contributed by atoms with Gasteiger partial charge in [-0.1, -0.05) is 23.7 Å². The Bertz CT molecular complexity index is 639. The molecule has 0 radical (unpaired) electrons. The summed E-state index contributed by atoms with van der Waals surface area (Å²) in [7, 11) is 0. The first-order chi connectivity index (χ1) is 10.6. The molecule has 2 unspecified atom stereocenters. The number of rotatable bonds is 4. The maximum atomic E-state index is 10.5. The highest BCUT2D eigenvalue weighted by Crippen LogP contribution is 2.30. The Hall–Kier alpha value is -0.820. The van der Waals surface area contributed by atoms with Crippen LogP contribution in [0.15, 0.2) is 42.5 Å². The van der Waals surface area contributed by atoms with Gasteiger partial charge >= 0.3 is 0 Å². The fourth-order valence-corrected chi connectivity index (χ4v) is 3.17. The fourth-order valence-electron chi connectivity index (χ4n) is 2.43. The van der Waals surface area contributed by atoms with Gasteiger partial charge in [-0.3, -0.25) is 0 Å². The molecule has 3 nitrogen and oxygen atoms in total. The van der Waals surface area contributed by atoms with E-state index >= 15 is 0 Å². The minimum atomic E-state index is -0.744. The second kappa shape index (κ2) is 7.17. The number of aliphatic hydroxyl groups excluding tert-OH is 1. The Morgan fingerprint density at radius 2 is 2.00 bits per heavy atom. The monoisotopic (exact) mass is 430 g/mol. The van der Waals surface area contributed by atoms with Crippen molar-refractivity contribution >= 4 is 34.2 Å². The van der Waals surface area contributed by atoms with E-state index in [4.69, 9.17) is 21.1 Å². The summed E-state index contributed by atoms with van der Waals surface area (Å²) < 4.78 is 12.2. The van der Waals surface area contributed by atoms with Gasteiger partial charge in [-0.25, -0.2) is 0 Å². The van der Waals surface area contributed by atoms with Crippen molar-refractivity contribution in [3.8, 4) is 5.75 Å². The van der Waals surface area contributed by atoms with E-state index in [2.05, 4.69) is 22.6 Å². The van der Waals surface area contributed by atoms with Gasteiger partial charge in [-0.2, -0.15) is 0 Å². The predicted octanol–water partition coefficient (Wildman–Crippen LogP) is 4.19. The van der Waals surface area contributed by atoms with Crippen molar-refractivity contribution in [3.63, 3.8) is 0 Å². The van der Waals surface area contributed by atoms with Gasteiger partial charge in [0.1, 0.15) is 18.0 Å². The number of ether oxygens (including phenoxy) is 2. The summed E-state index contributed by atoms with van der Waals surface area (Å²) in [6.45, 7) is 1.40. The average molecular weight is 431 g/mol. The molecule has 1 fully saturated rings. The summed E-state index contributed by atoms with van der Waals surface area (Å²) in [5.74, 6) is 0.792. The second-order valence-corrected chi connectivity index (χ2v) is 6.89. The lowest BCUT2D eigenvalue weighted by atomic mass is 10.0. The van der Waals surface area contributed by atoms with Gasteiger partial charge in [0.2, 0.25) is 0 Å². The van der Waals surface area contributed by atoms with Crippen molar-refractivity contribution in [2.75, 3.05) is 13.2 Å². The molecule has 0 spiro atoms. The second-order valence-electron chi connectivity index (χ2n) is 5.24. The first-order valence-corrected chi connectivity index (χ1v) is 8.56. The van der Waals surface area contributed by atoms with Gasteiger partial charge in [0.25, 0.3) is 0 Å². The van der Waals surface area contributed by atoms with Crippen molar-refractivity contribution in [3.05, 3.63) is 62.2 Å². The van der Waals surface area contributed by atoms with Crippen LogP contribution in [0, 0.1) is 3.57 Å². The van der Waals surface area contributed by atoms with Crippen molar-refractivity contribution in [1.29, 1.82) is 0 Å². The molecule has 0 bridgehead atoms. The minimum Gasteiger partial charge on any atom is -0.488 e. The summed E-state index contributed by atoms with van der Waals surface area (Å²) in [6.07, 6.45) is 0.301. The largest absolute Gasteiger partial charge is 0.488 e. The van der Waals surface area contributed by atoms with Gasteiger partial charge in [0.05, 0.1) is 13.2 Å². The van der Waals surface area contributed by atoms with Crippen LogP contribution in [0.2, 0.25) is 5.02 Å². The van der Waals surface area contributed by atoms with Gasteiger partial charge in [-0.15, -0.1) is 0 Å². The van der Waals surface area contributed by atoms with Gasteiger partial charge < -0.3 is 14.6 Å². The topological polar surface area (TPSA) is 38.7 Å². The number of aliphatic hydroxyl groups is 1. The van der Waals surface area contributed by atoms with Crippen LogP contribution < -0.4 is 4.74 Å². The predicted molar refractivity (Wildman–Crippen MR) is 94.5 cm³/mol. The summed E-state index contributed by atoms with van der Waals surface area (Å²) in [5, 5.41) is 11.1. The molecule has 0 amide bonds. The van der Waals surface area contributed by atoms with Crippen LogP contribution in [-0.2, 0) is 4.74 Å². The highest BCUT2D eigenvalue weighted by molar-refractivity contribution is 14.1. The zero-order valence-corrected chi connectivity index (χ0v) is 14.8. The van der Waals surface area contributed by atoms with Gasteiger partial charge in [-0.05, 0) is 58.5 Å². The van der Waals surface area contributed by atoms with E-state index in [1.54, 1.807) is 6.07 Å². The van der Waals surface area contributed by atoms with E-state index in [1.165, 1.54) is 0 Å². The van der Waals surface area contributed by atoms with E-state index in [-0.39, 0.29) is 6.10 Å². The summed E-state index contributed by atoms with van der Waals surface area (Å²) >= 11 is 8.39. The molecule has 1 aliphatic heterocycles. The number of benzene rings is 2. The molecular weight excluding hydrogens is 415 g/mol. The van der Waals surface area contributed by atoms with Crippen molar-refractivity contribution in [2.24, 2.45) is 0 Å². The Balaban J connectivity index is 1.75. The maximum Gasteiger partial charge on any atom is 0.124 e. The van der Waals surface area contributed by atoms with Crippen molar-refractivity contribution in [1.82, 2.24) is 0 Å². The van der Waals surface area contributed by atoms with Crippen LogP contribution in [0.25, 0.3) is 0 Å². The third kappa shape index (κ3) is 3.74. The summed E-state index contributed by atoms with van der Waals surface area (Å²) in [6, 6.07) is 13.1. The lowest BCUT2D eigenvalue weighted by Crippen LogP contribution is -2.15. The van der Waals surface area contributed by atoms with E-state index in [1.807, 2.05) is 36.4 Å². The third-order valence-electron chi connectivity index (χ3n) is 3.64. The zero-order valence-electron chi connectivity index (χ0n) is 11.8. The molecule has 5 heteroatoms. The lowest BCUT2D eigenvalue weighted by Gasteiger charge is -2.15. The van der Waals surface area contributed by atoms with E-state index in [0.717, 1.165) is 27.9 Å². The molecule has 1 aliphatic rings. The van der Waals surface area contributed by atoms with Crippen LogP contribution in [0.4, 0.5) is 0 Å². The average Bonchev–Trinajstić information content (AvgIpc) is 3.03. The molecule has 3 rings (SSSR count). The molecule has 2 aromatic rings. The SMILES string of the molecule is OC(c1ccc(OC2CCOC2)cc1)c1cc(I)ccc1Cl. The van der Waals surface area contributed by atoms with Crippen LogP contribution in [0.5, 0.6) is 5.75 Å². The Kier molecular flexibility index (Phi) is 5.23. The summed E-state index contributed by atoms with van der Waals surface area (Å²) in [5.41, 5.74) is 1.50. The zero-order chi connectivity index (χ0) is 15.5. The number of hydrogen-bond acceptors (Lipinski definition) is 3. The van der Waals surface area contributed by atoms with Crippen LogP contribution in [0.1, 0.15) is 23.7 Å². The Labute approximate surface area is 148 Å². The smallest absolute Gasteiger partial charge is 0.124 e. The third-order valence-corrected chi connectivity index (χ3v) is 4.65. The fraction of sp³-hybridized carbons (Fsp3) is 0.294. The summed E-state index contributed by atoms with van der Waals surface area (Å²) in [4.78, 5) is 0. The number of halogens is 2. The molecular formula is C17H16ClIO3. The first kappa shape index (κ1) is 16.1. The van der Waals surface area contributed by atoms with Crippen molar-refractivity contribution in [2.45, 2.75) is 18.6 Å². The standard InChI is InChI=1S/C17H16ClIO3/c18-16-6-3-12(19)9-15(16)17(20)11-1-4-13(5-2-11)22-14-7-8-21-10-14/h1-6,9,14,17,20H,7-8,10H2. The highest BCUT2D eigenvalue weighted by Gasteiger charge is 2.18.